The second-order valence-electron chi connectivity index (χ2n) is 6.10. The summed E-state index contributed by atoms with van der Waals surface area (Å²) in [7, 11) is 0. The Labute approximate surface area is 120 Å². The van der Waals surface area contributed by atoms with Crippen LogP contribution in [0.15, 0.2) is 24.3 Å². The number of hydrogen-bond donors (Lipinski definition) is 3. The summed E-state index contributed by atoms with van der Waals surface area (Å²) >= 11 is 0. The highest BCUT2D eigenvalue weighted by Crippen LogP contribution is 2.57. The number of nitrogens with zero attached hydrogens (tertiary/aromatic N) is 1. The van der Waals surface area contributed by atoms with Crippen molar-refractivity contribution in [2.45, 2.75) is 18.6 Å². The molecule has 2 aliphatic carbocycles. The van der Waals surface area contributed by atoms with Crippen LogP contribution >= 0.6 is 0 Å². The Bertz CT molecular complexity index is 613. The fourth-order valence-electron chi connectivity index (χ4n) is 4.32. The number of anilines is 1. The molecule has 2 saturated carbocycles. The van der Waals surface area contributed by atoms with Gasteiger partial charge in [0.1, 0.15) is 5.75 Å². The number of aromatic hydroxyl groups is 1. The Morgan fingerprint density at radius 3 is 2.00 bits per heavy atom. The molecule has 0 aromatic heterocycles. The summed E-state index contributed by atoms with van der Waals surface area (Å²) in [6.45, 7) is 0. The number of aliphatic hydroxyl groups excluding tert-OH is 2. The molecular formula is C15H15NO5. The molecule has 3 N–H and O–H groups in total. The lowest BCUT2D eigenvalue weighted by Gasteiger charge is -2.29. The molecule has 1 aliphatic heterocycles. The van der Waals surface area contributed by atoms with E-state index in [2.05, 4.69) is 0 Å². The number of para-hydroxylation sites is 2. The Morgan fingerprint density at radius 2 is 1.48 bits per heavy atom. The van der Waals surface area contributed by atoms with Crippen molar-refractivity contribution in [3.05, 3.63) is 24.3 Å². The number of imide groups is 1. The molecule has 1 aromatic carbocycles. The number of phenolic OH excluding ortho intramolecular Hbond substituents is 1. The molecule has 2 bridgehead atoms. The van der Waals surface area contributed by atoms with Crippen LogP contribution in [0.2, 0.25) is 0 Å². The molecule has 1 saturated heterocycles. The van der Waals surface area contributed by atoms with E-state index in [1.807, 2.05) is 0 Å². The molecule has 1 aromatic rings. The van der Waals surface area contributed by atoms with E-state index in [4.69, 9.17) is 0 Å². The molecule has 21 heavy (non-hydrogen) atoms. The molecule has 1 heterocycles. The van der Waals surface area contributed by atoms with E-state index < -0.39 is 24.0 Å². The van der Waals surface area contributed by atoms with Crippen LogP contribution in [-0.4, -0.2) is 39.3 Å². The molecule has 6 heteroatoms. The van der Waals surface area contributed by atoms with Gasteiger partial charge in [-0.25, -0.2) is 4.90 Å². The number of fused-ring (bicyclic) bond motifs is 5. The number of carbonyl (C=O) groups excluding carboxylic acids is 2. The SMILES string of the molecule is O=C1[C@H]2[C@@H]3C[C@@H]([C@H](O)[C@H]3O)[C@@H]2C(=O)N1c1ccccc1O. The number of hydrogen-bond acceptors (Lipinski definition) is 5. The van der Waals surface area contributed by atoms with Gasteiger partial charge in [-0.1, -0.05) is 12.1 Å². The Balaban J connectivity index is 1.77. The molecular weight excluding hydrogens is 274 g/mol. The maximum absolute atomic E-state index is 12.6. The number of benzene rings is 1. The minimum Gasteiger partial charge on any atom is -0.506 e. The van der Waals surface area contributed by atoms with Gasteiger partial charge in [-0.2, -0.15) is 0 Å². The van der Waals surface area contributed by atoms with Crippen LogP contribution < -0.4 is 4.90 Å². The first kappa shape index (κ1) is 12.8. The van der Waals surface area contributed by atoms with Crippen molar-refractivity contribution in [2.24, 2.45) is 23.7 Å². The summed E-state index contributed by atoms with van der Waals surface area (Å²) in [5, 5.41) is 29.8. The van der Waals surface area contributed by atoms with Crippen LogP contribution in [-0.2, 0) is 9.59 Å². The van der Waals surface area contributed by atoms with Crippen molar-refractivity contribution in [3.8, 4) is 5.75 Å². The van der Waals surface area contributed by atoms with Gasteiger partial charge in [0, 0.05) is 11.8 Å². The summed E-state index contributed by atoms with van der Waals surface area (Å²) in [4.78, 5) is 26.2. The summed E-state index contributed by atoms with van der Waals surface area (Å²) in [5.74, 6) is -2.81. The van der Waals surface area contributed by atoms with Crippen LogP contribution in [0.25, 0.3) is 0 Å². The number of aliphatic hydroxyl groups is 2. The molecule has 0 radical (unpaired) electrons. The maximum Gasteiger partial charge on any atom is 0.238 e. The van der Waals surface area contributed by atoms with E-state index >= 15 is 0 Å². The first-order valence-electron chi connectivity index (χ1n) is 7.04. The zero-order chi connectivity index (χ0) is 14.9. The van der Waals surface area contributed by atoms with Gasteiger partial charge in [0.15, 0.2) is 0 Å². The average Bonchev–Trinajstić information content (AvgIpc) is 3.06. The van der Waals surface area contributed by atoms with Crippen LogP contribution in [0.1, 0.15) is 6.42 Å². The van der Waals surface area contributed by atoms with E-state index in [1.165, 1.54) is 12.1 Å². The first-order valence-corrected chi connectivity index (χ1v) is 7.04. The van der Waals surface area contributed by atoms with Gasteiger partial charge >= 0.3 is 0 Å². The van der Waals surface area contributed by atoms with Crippen molar-refractivity contribution in [2.75, 3.05) is 4.90 Å². The zero-order valence-corrected chi connectivity index (χ0v) is 11.1. The topological polar surface area (TPSA) is 98.1 Å². The number of amides is 2. The van der Waals surface area contributed by atoms with E-state index in [0.717, 1.165) is 4.90 Å². The molecule has 3 fully saturated rings. The molecule has 0 spiro atoms. The first-order chi connectivity index (χ1) is 10.0. The van der Waals surface area contributed by atoms with E-state index in [0.29, 0.717) is 6.42 Å². The lowest BCUT2D eigenvalue weighted by atomic mass is 9.78. The summed E-state index contributed by atoms with van der Waals surface area (Å²) in [6.07, 6.45) is -1.39. The zero-order valence-electron chi connectivity index (χ0n) is 11.1. The predicted octanol–water partition coefficient (Wildman–Crippen LogP) is -0.131. The lowest BCUT2D eigenvalue weighted by molar-refractivity contribution is -0.129. The van der Waals surface area contributed by atoms with E-state index in [9.17, 15) is 24.9 Å². The summed E-state index contributed by atoms with van der Waals surface area (Å²) < 4.78 is 0. The van der Waals surface area contributed by atoms with Gasteiger partial charge in [-0.15, -0.1) is 0 Å². The highest BCUT2D eigenvalue weighted by Gasteiger charge is 2.67. The van der Waals surface area contributed by atoms with Crippen molar-refractivity contribution in [3.63, 3.8) is 0 Å². The van der Waals surface area contributed by atoms with Crippen molar-refractivity contribution in [1.29, 1.82) is 0 Å². The predicted molar refractivity (Wildman–Crippen MR) is 71.2 cm³/mol. The largest absolute Gasteiger partial charge is 0.506 e. The maximum atomic E-state index is 12.6. The van der Waals surface area contributed by atoms with Crippen LogP contribution in [0.3, 0.4) is 0 Å². The highest BCUT2D eigenvalue weighted by molar-refractivity contribution is 6.23. The standard InChI is InChI=1S/C15H15NO5/c17-9-4-2-1-3-8(9)16-14(20)10-6-5-7(11(10)15(16)21)13(19)12(6)18/h1-4,6-7,10-13,17-19H,5H2/t6-,7+,10-,11-,12-,13-/m0/s1. The monoisotopic (exact) mass is 289 g/mol. The number of phenols is 1. The summed E-state index contributed by atoms with van der Waals surface area (Å²) in [6, 6.07) is 6.19. The fraction of sp³-hybridized carbons (Fsp3) is 0.467. The van der Waals surface area contributed by atoms with Crippen LogP contribution in [0.5, 0.6) is 5.75 Å². The second kappa shape index (κ2) is 4.05. The molecule has 6 nitrogen and oxygen atoms in total. The molecule has 110 valence electrons. The minimum atomic E-state index is -0.947. The van der Waals surface area contributed by atoms with Gasteiger partial charge in [0.05, 0.1) is 29.7 Å². The fourth-order valence-corrected chi connectivity index (χ4v) is 4.32. The quantitative estimate of drug-likeness (QED) is 0.626. The van der Waals surface area contributed by atoms with Crippen LogP contribution in [0, 0.1) is 23.7 Å². The Hall–Kier alpha value is -1.92. The third-order valence-corrected chi connectivity index (χ3v) is 5.21. The minimum absolute atomic E-state index is 0.132. The third kappa shape index (κ3) is 1.43. The number of carbonyl (C=O) groups is 2. The third-order valence-electron chi connectivity index (χ3n) is 5.21. The Kier molecular flexibility index (Phi) is 2.47. The average molecular weight is 289 g/mol. The Morgan fingerprint density at radius 1 is 0.952 bits per heavy atom. The van der Waals surface area contributed by atoms with Crippen LogP contribution in [0.4, 0.5) is 5.69 Å². The number of rotatable bonds is 1. The molecule has 2 amide bonds. The van der Waals surface area contributed by atoms with Gasteiger partial charge in [0.2, 0.25) is 11.8 Å². The van der Waals surface area contributed by atoms with E-state index in [1.54, 1.807) is 12.1 Å². The second-order valence-corrected chi connectivity index (χ2v) is 6.10. The van der Waals surface area contributed by atoms with Crippen molar-refractivity contribution >= 4 is 17.5 Å². The molecule has 0 unspecified atom stereocenters. The molecule has 6 atom stereocenters. The van der Waals surface area contributed by atoms with Gasteiger partial charge < -0.3 is 15.3 Å². The van der Waals surface area contributed by atoms with Gasteiger partial charge in [-0.3, -0.25) is 9.59 Å². The van der Waals surface area contributed by atoms with Gasteiger partial charge in [-0.05, 0) is 18.6 Å². The molecule has 4 rings (SSSR count). The van der Waals surface area contributed by atoms with Gasteiger partial charge in [0.25, 0.3) is 0 Å². The lowest BCUT2D eigenvalue weighted by Crippen LogP contribution is -2.43. The summed E-state index contributed by atoms with van der Waals surface area (Å²) in [5.41, 5.74) is 0.172. The highest BCUT2D eigenvalue weighted by atomic mass is 16.3. The normalized spacial score (nSPS) is 41.0. The molecule has 3 aliphatic rings. The van der Waals surface area contributed by atoms with Crippen molar-refractivity contribution < 1.29 is 24.9 Å². The van der Waals surface area contributed by atoms with E-state index in [-0.39, 0.29) is 35.1 Å². The van der Waals surface area contributed by atoms with Crippen molar-refractivity contribution in [1.82, 2.24) is 0 Å². The smallest absolute Gasteiger partial charge is 0.238 e.